The Hall–Kier alpha value is -2.05. The summed E-state index contributed by atoms with van der Waals surface area (Å²) in [5, 5.41) is 3.16. The van der Waals surface area contributed by atoms with Crippen molar-refractivity contribution >= 4 is 39.3 Å². The lowest BCUT2D eigenvalue weighted by atomic mass is 10.1. The maximum absolute atomic E-state index is 12.8. The summed E-state index contributed by atoms with van der Waals surface area (Å²) in [5.41, 5.74) is 2.04. The lowest BCUT2D eigenvalue weighted by molar-refractivity contribution is -0.142. The van der Waals surface area contributed by atoms with Gasteiger partial charge in [0.25, 0.3) is 5.91 Å². The van der Waals surface area contributed by atoms with Gasteiger partial charge in [-0.2, -0.15) is 0 Å². The van der Waals surface area contributed by atoms with Gasteiger partial charge in [-0.3, -0.25) is 9.59 Å². The smallest absolute Gasteiger partial charge is 0.261 e. The number of likely N-dealkylation sites (N-methyl/N-ethyl adjacent to an activating group) is 1. The zero-order chi connectivity index (χ0) is 20.0. The first kappa shape index (κ1) is 21.3. The van der Waals surface area contributed by atoms with Crippen LogP contribution in [0.15, 0.2) is 46.9 Å². The van der Waals surface area contributed by atoms with Crippen LogP contribution in [0, 0.1) is 6.92 Å². The Kier molecular flexibility index (Phi) is 7.68. The van der Waals surface area contributed by atoms with Crippen LogP contribution in [0.4, 0.5) is 0 Å². The lowest BCUT2D eigenvalue weighted by Gasteiger charge is -2.28. The fourth-order valence-electron chi connectivity index (χ4n) is 2.61. The first-order valence-corrected chi connectivity index (χ1v) is 9.63. The average Bonchev–Trinajstić information content (AvgIpc) is 2.64. The second kappa shape index (κ2) is 9.76. The lowest BCUT2D eigenvalue weighted by Crippen LogP contribution is -2.48. The molecule has 0 fully saturated rings. The van der Waals surface area contributed by atoms with Crippen LogP contribution in [-0.2, 0) is 16.1 Å². The molecule has 2 amide bonds. The number of halogens is 2. The highest BCUT2D eigenvalue weighted by Gasteiger charge is 2.26. The number of nitrogens with zero attached hydrogens (tertiary/aromatic N) is 1. The van der Waals surface area contributed by atoms with E-state index in [1.54, 1.807) is 32.2 Å². The van der Waals surface area contributed by atoms with Gasteiger partial charge in [-0.15, -0.1) is 0 Å². The SMILES string of the molecule is CNC(=O)C(C)N(Cc1cccc(C)c1)C(=O)COc1ccc(Cl)cc1Br. The van der Waals surface area contributed by atoms with E-state index in [-0.39, 0.29) is 18.4 Å². The molecule has 0 aliphatic carbocycles. The summed E-state index contributed by atoms with van der Waals surface area (Å²) < 4.78 is 6.29. The highest BCUT2D eigenvalue weighted by Crippen LogP contribution is 2.28. The Bertz CT molecular complexity index is 829. The van der Waals surface area contributed by atoms with Gasteiger partial charge in [0.15, 0.2) is 6.61 Å². The minimum absolute atomic E-state index is 0.187. The Balaban J connectivity index is 2.15. The van der Waals surface area contributed by atoms with Crippen LogP contribution in [0.2, 0.25) is 5.02 Å². The first-order valence-electron chi connectivity index (χ1n) is 8.46. The van der Waals surface area contributed by atoms with Gasteiger partial charge in [0, 0.05) is 18.6 Å². The van der Waals surface area contributed by atoms with Gasteiger partial charge in [-0.25, -0.2) is 0 Å². The molecule has 0 spiro atoms. The van der Waals surface area contributed by atoms with Crippen molar-refractivity contribution in [2.24, 2.45) is 0 Å². The van der Waals surface area contributed by atoms with Gasteiger partial charge in [0.2, 0.25) is 5.91 Å². The van der Waals surface area contributed by atoms with E-state index >= 15 is 0 Å². The normalized spacial score (nSPS) is 11.6. The fourth-order valence-corrected chi connectivity index (χ4v) is 3.41. The summed E-state index contributed by atoms with van der Waals surface area (Å²) in [6.45, 7) is 3.82. The van der Waals surface area contributed by atoms with E-state index in [1.165, 1.54) is 4.90 Å². The quantitative estimate of drug-likeness (QED) is 0.690. The van der Waals surface area contributed by atoms with Crippen LogP contribution in [0.5, 0.6) is 5.75 Å². The number of hydrogen-bond donors (Lipinski definition) is 1. The Morgan fingerprint density at radius 2 is 2.00 bits per heavy atom. The zero-order valence-electron chi connectivity index (χ0n) is 15.5. The monoisotopic (exact) mass is 452 g/mol. The molecule has 2 aromatic rings. The highest BCUT2D eigenvalue weighted by atomic mass is 79.9. The van der Waals surface area contributed by atoms with E-state index in [9.17, 15) is 9.59 Å². The fraction of sp³-hybridized carbons (Fsp3) is 0.300. The number of aryl methyl sites for hydroxylation is 1. The number of benzene rings is 2. The standard InChI is InChI=1S/C20H22BrClN2O3/c1-13-5-4-6-15(9-13)11-24(14(2)20(26)23-3)19(25)12-27-18-8-7-16(22)10-17(18)21/h4-10,14H,11-12H2,1-3H3,(H,23,26). The van der Waals surface area contributed by atoms with Crippen LogP contribution in [0.3, 0.4) is 0 Å². The molecule has 0 aliphatic heterocycles. The third-order valence-electron chi connectivity index (χ3n) is 4.09. The largest absolute Gasteiger partial charge is 0.483 e. The molecule has 2 aromatic carbocycles. The molecule has 27 heavy (non-hydrogen) atoms. The molecule has 7 heteroatoms. The predicted molar refractivity (Wildman–Crippen MR) is 110 cm³/mol. The van der Waals surface area contributed by atoms with E-state index in [0.29, 0.717) is 21.8 Å². The topological polar surface area (TPSA) is 58.6 Å². The summed E-state index contributed by atoms with van der Waals surface area (Å²) in [6.07, 6.45) is 0. The minimum atomic E-state index is -0.625. The highest BCUT2D eigenvalue weighted by molar-refractivity contribution is 9.10. The van der Waals surface area contributed by atoms with Gasteiger partial charge >= 0.3 is 0 Å². The maximum Gasteiger partial charge on any atom is 0.261 e. The second-order valence-electron chi connectivity index (χ2n) is 6.16. The molecule has 0 radical (unpaired) electrons. The molecule has 144 valence electrons. The van der Waals surface area contributed by atoms with Crippen molar-refractivity contribution in [1.82, 2.24) is 10.2 Å². The van der Waals surface area contributed by atoms with Crippen LogP contribution in [0.25, 0.3) is 0 Å². The summed E-state index contributed by atoms with van der Waals surface area (Å²) in [5.74, 6) is -0.00557. The molecular formula is C20H22BrClN2O3. The minimum Gasteiger partial charge on any atom is -0.483 e. The maximum atomic E-state index is 12.8. The number of carbonyl (C=O) groups is 2. The Morgan fingerprint density at radius 1 is 1.26 bits per heavy atom. The molecule has 0 aromatic heterocycles. The third-order valence-corrected chi connectivity index (χ3v) is 4.95. The zero-order valence-corrected chi connectivity index (χ0v) is 17.8. The number of hydrogen-bond acceptors (Lipinski definition) is 3. The van der Waals surface area contributed by atoms with Crippen molar-refractivity contribution in [3.63, 3.8) is 0 Å². The molecule has 0 heterocycles. The molecule has 1 atom stereocenters. The molecule has 2 rings (SSSR count). The van der Waals surface area contributed by atoms with Crippen molar-refractivity contribution < 1.29 is 14.3 Å². The van der Waals surface area contributed by atoms with Crippen molar-refractivity contribution in [1.29, 1.82) is 0 Å². The molecular weight excluding hydrogens is 432 g/mol. The first-order chi connectivity index (χ1) is 12.8. The van der Waals surface area contributed by atoms with Gasteiger partial charge in [0.1, 0.15) is 11.8 Å². The van der Waals surface area contributed by atoms with E-state index in [0.717, 1.165) is 11.1 Å². The van der Waals surface area contributed by atoms with Gasteiger partial charge in [0.05, 0.1) is 4.47 Å². The van der Waals surface area contributed by atoms with Crippen molar-refractivity contribution in [3.05, 3.63) is 63.1 Å². The van der Waals surface area contributed by atoms with E-state index in [1.807, 2.05) is 31.2 Å². The molecule has 1 N–H and O–H groups in total. The van der Waals surface area contributed by atoms with Crippen molar-refractivity contribution in [2.75, 3.05) is 13.7 Å². The molecule has 1 unspecified atom stereocenters. The summed E-state index contributed by atoms with van der Waals surface area (Å²) in [6, 6.07) is 12.3. The van der Waals surface area contributed by atoms with Crippen LogP contribution < -0.4 is 10.1 Å². The summed E-state index contributed by atoms with van der Waals surface area (Å²) in [4.78, 5) is 26.4. The number of nitrogens with one attached hydrogen (secondary N) is 1. The number of rotatable bonds is 7. The van der Waals surface area contributed by atoms with Crippen LogP contribution >= 0.6 is 27.5 Å². The van der Waals surface area contributed by atoms with Gasteiger partial charge in [-0.05, 0) is 53.5 Å². The molecule has 5 nitrogen and oxygen atoms in total. The van der Waals surface area contributed by atoms with Gasteiger partial charge < -0.3 is 15.0 Å². The molecule has 0 saturated heterocycles. The Labute approximate surface area is 172 Å². The third kappa shape index (κ3) is 5.97. The average molecular weight is 454 g/mol. The number of ether oxygens (including phenoxy) is 1. The van der Waals surface area contributed by atoms with Crippen LogP contribution in [-0.4, -0.2) is 36.4 Å². The van der Waals surface area contributed by atoms with Gasteiger partial charge in [-0.1, -0.05) is 41.4 Å². The predicted octanol–water partition coefficient (Wildman–Crippen LogP) is 3.95. The molecule has 0 aliphatic rings. The number of amides is 2. The second-order valence-corrected chi connectivity index (χ2v) is 7.46. The van der Waals surface area contributed by atoms with E-state index in [4.69, 9.17) is 16.3 Å². The Morgan fingerprint density at radius 3 is 2.63 bits per heavy atom. The molecule has 0 bridgehead atoms. The van der Waals surface area contributed by atoms with E-state index < -0.39 is 6.04 Å². The summed E-state index contributed by atoms with van der Waals surface area (Å²) in [7, 11) is 1.55. The summed E-state index contributed by atoms with van der Waals surface area (Å²) >= 11 is 9.28. The van der Waals surface area contributed by atoms with Crippen LogP contribution in [0.1, 0.15) is 18.1 Å². The van der Waals surface area contributed by atoms with E-state index in [2.05, 4.69) is 21.2 Å². The number of carbonyl (C=O) groups excluding carboxylic acids is 2. The van der Waals surface area contributed by atoms with Crippen molar-refractivity contribution in [2.45, 2.75) is 26.4 Å². The van der Waals surface area contributed by atoms with Crippen molar-refractivity contribution in [3.8, 4) is 5.75 Å². The molecule has 0 saturated carbocycles.